The lowest BCUT2D eigenvalue weighted by Gasteiger charge is -1.88. The van der Waals surface area contributed by atoms with E-state index in [0.717, 1.165) is 0 Å². The molecule has 0 aliphatic heterocycles. The number of rotatable bonds is 1. The normalized spacial score (nSPS) is 12.9. The molecule has 0 aromatic carbocycles. The molecule has 0 N–H and O–H groups in total. The number of carbonyl (C=O) groups is 1. The van der Waals surface area contributed by atoms with Crippen LogP contribution >= 0.6 is 0 Å². The summed E-state index contributed by atoms with van der Waals surface area (Å²) in [6.45, 7) is 1.21. The van der Waals surface area contributed by atoms with E-state index >= 15 is 0 Å². The summed E-state index contributed by atoms with van der Waals surface area (Å²) in [5.41, 5.74) is 0. The van der Waals surface area contributed by atoms with Gasteiger partial charge in [0.25, 0.3) is 0 Å². The van der Waals surface area contributed by atoms with Crippen molar-refractivity contribution in [2.45, 2.75) is 6.92 Å². The molecule has 3 nitrogen and oxygen atoms in total. The summed E-state index contributed by atoms with van der Waals surface area (Å²) >= 11 is -1.45. The molecule has 0 radical (unpaired) electrons. The fourth-order valence-electron chi connectivity index (χ4n) is 0.165. The third-order valence-electron chi connectivity index (χ3n) is 0.235. The maximum absolute atomic E-state index is 9.92. The molecule has 0 aliphatic rings. The summed E-state index contributed by atoms with van der Waals surface area (Å²) in [7, 11) is 0. The Morgan fingerprint density at radius 1 is 1.71 bits per heavy atom. The molecule has 0 aliphatic carbocycles. The van der Waals surface area contributed by atoms with Gasteiger partial charge in [-0.05, 0) is 0 Å². The Bertz CT molecular complexity index is 86.4. The summed E-state index contributed by atoms with van der Waals surface area (Å²) in [4.78, 5) is 9.84. The van der Waals surface area contributed by atoms with Crippen molar-refractivity contribution in [2.75, 3.05) is 6.26 Å². The van der Waals surface area contributed by atoms with Crippen LogP contribution < -0.4 is 0 Å². The van der Waals surface area contributed by atoms with Gasteiger partial charge >= 0.3 is 5.97 Å². The standard InChI is InChI=1S/C3H6O3S/c1-3(4)6-7(2)5/h1-2H3. The molecule has 0 rings (SSSR count). The van der Waals surface area contributed by atoms with Crippen LogP contribution in [0.2, 0.25) is 0 Å². The third kappa shape index (κ3) is 5.62. The van der Waals surface area contributed by atoms with Crippen LogP contribution in [-0.2, 0) is 20.1 Å². The zero-order chi connectivity index (χ0) is 5.86. The van der Waals surface area contributed by atoms with E-state index in [1.165, 1.54) is 13.2 Å². The molecular formula is C3H6O3S. The van der Waals surface area contributed by atoms with Crippen molar-refractivity contribution in [3.05, 3.63) is 0 Å². The highest BCUT2D eigenvalue weighted by Gasteiger charge is 1.91. The van der Waals surface area contributed by atoms with E-state index in [4.69, 9.17) is 0 Å². The number of hydrogen-bond donors (Lipinski definition) is 0. The zero-order valence-corrected chi connectivity index (χ0v) is 4.95. The van der Waals surface area contributed by atoms with Gasteiger partial charge < -0.3 is 4.18 Å². The van der Waals surface area contributed by atoms with Gasteiger partial charge in [-0.15, -0.1) is 0 Å². The van der Waals surface area contributed by atoms with Crippen LogP contribution in [0.1, 0.15) is 6.92 Å². The third-order valence-corrected chi connectivity index (χ3v) is 0.704. The van der Waals surface area contributed by atoms with Crippen molar-refractivity contribution in [1.29, 1.82) is 0 Å². The van der Waals surface area contributed by atoms with Crippen molar-refractivity contribution in [3.63, 3.8) is 0 Å². The minimum Gasteiger partial charge on any atom is -0.364 e. The first-order valence-corrected chi connectivity index (χ1v) is 3.13. The van der Waals surface area contributed by atoms with Crippen molar-refractivity contribution in [3.8, 4) is 0 Å². The van der Waals surface area contributed by atoms with E-state index in [1.807, 2.05) is 0 Å². The molecule has 1 atom stereocenters. The first-order chi connectivity index (χ1) is 3.13. The van der Waals surface area contributed by atoms with Gasteiger partial charge in [0.05, 0.1) is 0 Å². The van der Waals surface area contributed by atoms with E-state index < -0.39 is 17.0 Å². The quantitative estimate of drug-likeness (QED) is 0.485. The molecular weight excluding hydrogens is 116 g/mol. The topological polar surface area (TPSA) is 43.4 Å². The summed E-state index contributed by atoms with van der Waals surface area (Å²) in [6.07, 6.45) is 1.29. The van der Waals surface area contributed by atoms with E-state index in [0.29, 0.717) is 0 Å². The second-order valence-electron chi connectivity index (χ2n) is 0.976. The van der Waals surface area contributed by atoms with Crippen LogP contribution in [0.5, 0.6) is 0 Å². The van der Waals surface area contributed by atoms with Crippen LogP contribution in [0, 0.1) is 0 Å². The molecule has 0 spiro atoms. The maximum Gasteiger partial charge on any atom is 0.316 e. The monoisotopic (exact) mass is 122 g/mol. The largest absolute Gasteiger partial charge is 0.364 e. The molecule has 0 saturated heterocycles. The van der Waals surface area contributed by atoms with Gasteiger partial charge in [-0.25, -0.2) is 4.21 Å². The molecule has 0 aromatic heterocycles. The minimum atomic E-state index is -1.45. The lowest BCUT2D eigenvalue weighted by molar-refractivity contribution is -0.130. The van der Waals surface area contributed by atoms with Crippen LogP contribution in [0.3, 0.4) is 0 Å². The summed E-state index contributed by atoms with van der Waals surface area (Å²) in [5, 5.41) is 0. The van der Waals surface area contributed by atoms with E-state index in [9.17, 15) is 9.00 Å². The number of hydrogen-bond acceptors (Lipinski definition) is 3. The van der Waals surface area contributed by atoms with Gasteiger partial charge in [-0.1, -0.05) is 0 Å². The first kappa shape index (κ1) is 6.62. The molecule has 0 saturated carbocycles. The van der Waals surface area contributed by atoms with E-state index in [1.54, 1.807) is 0 Å². The first-order valence-electron chi connectivity index (χ1n) is 1.65. The van der Waals surface area contributed by atoms with Crippen molar-refractivity contribution in [2.24, 2.45) is 0 Å². The Balaban J connectivity index is 3.32. The van der Waals surface area contributed by atoms with Crippen molar-refractivity contribution >= 4 is 17.0 Å². The highest BCUT2D eigenvalue weighted by atomic mass is 32.2. The highest BCUT2D eigenvalue weighted by Crippen LogP contribution is 1.77. The molecule has 0 heterocycles. The SMILES string of the molecule is CC(=O)OS(C)=O. The predicted molar refractivity (Wildman–Crippen MR) is 25.8 cm³/mol. The molecule has 0 fully saturated rings. The fraction of sp³-hybridized carbons (Fsp3) is 0.667. The van der Waals surface area contributed by atoms with Crippen LogP contribution in [0.15, 0.2) is 0 Å². The van der Waals surface area contributed by atoms with E-state index in [2.05, 4.69) is 4.18 Å². The molecule has 7 heavy (non-hydrogen) atoms. The van der Waals surface area contributed by atoms with Gasteiger partial charge in [0.1, 0.15) is 0 Å². The molecule has 0 bridgehead atoms. The van der Waals surface area contributed by atoms with Crippen LogP contribution in [0.25, 0.3) is 0 Å². The summed E-state index contributed by atoms with van der Waals surface area (Å²) in [5.74, 6) is -0.513. The Morgan fingerprint density at radius 2 is 2.14 bits per heavy atom. The van der Waals surface area contributed by atoms with Crippen molar-refractivity contribution < 1.29 is 13.2 Å². The Morgan fingerprint density at radius 3 is 2.14 bits per heavy atom. The van der Waals surface area contributed by atoms with E-state index in [-0.39, 0.29) is 0 Å². The fourth-order valence-corrected chi connectivity index (χ4v) is 0.496. The van der Waals surface area contributed by atoms with Gasteiger partial charge in [-0.3, -0.25) is 4.79 Å². The lowest BCUT2D eigenvalue weighted by atomic mass is 10.9. The molecule has 0 aromatic rings. The highest BCUT2D eigenvalue weighted by molar-refractivity contribution is 7.79. The Kier molecular flexibility index (Phi) is 2.59. The smallest absolute Gasteiger partial charge is 0.316 e. The van der Waals surface area contributed by atoms with Crippen molar-refractivity contribution in [1.82, 2.24) is 0 Å². The Hall–Kier alpha value is -0.380. The minimum absolute atomic E-state index is 0.513. The Labute approximate surface area is 44.3 Å². The zero-order valence-electron chi connectivity index (χ0n) is 4.13. The second-order valence-corrected chi connectivity index (χ2v) is 1.95. The molecule has 42 valence electrons. The van der Waals surface area contributed by atoms with Crippen LogP contribution in [0.4, 0.5) is 0 Å². The van der Waals surface area contributed by atoms with Crippen LogP contribution in [-0.4, -0.2) is 16.4 Å². The summed E-state index contributed by atoms with van der Waals surface area (Å²) in [6, 6.07) is 0. The maximum atomic E-state index is 9.92. The molecule has 1 unspecified atom stereocenters. The van der Waals surface area contributed by atoms with Gasteiger partial charge in [-0.2, -0.15) is 0 Å². The average molecular weight is 122 g/mol. The van der Waals surface area contributed by atoms with Gasteiger partial charge in [0.2, 0.25) is 11.1 Å². The molecule has 4 heteroatoms. The predicted octanol–water partition coefficient (Wildman–Crippen LogP) is -0.157. The second kappa shape index (κ2) is 2.74. The summed E-state index contributed by atoms with van der Waals surface area (Å²) < 4.78 is 14.0. The lowest BCUT2D eigenvalue weighted by Crippen LogP contribution is -1.99. The molecule has 0 amide bonds. The average Bonchev–Trinajstić information content (AvgIpc) is 1.27. The van der Waals surface area contributed by atoms with Gasteiger partial charge in [0.15, 0.2) is 0 Å². The van der Waals surface area contributed by atoms with Gasteiger partial charge in [0, 0.05) is 13.2 Å². The number of carbonyl (C=O) groups excluding carboxylic acids is 1.